The zero-order valence-corrected chi connectivity index (χ0v) is 13.4. The van der Waals surface area contributed by atoms with E-state index in [1.54, 1.807) is 24.9 Å². The van der Waals surface area contributed by atoms with Crippen LogP contribution in [0.4, 0.5) is 5.69 Å². The first kappa shape index (κ1) is 15.9. The second-order valence-electron chi connectivity index (χ2n) is 5.62. The van der Waals surface area contributed by atoms with Crippen molar-refractivity contribution in [1.29, 1.82) is 0 Å². The summed E-state index contributed by atoms with van der Waals surface area (Å²) in [5, 5.41) is 2.93. The first-order valence-electron chi connectivity index (χ1n) is 7.67. The summed E-state index contributed by atoms with van der Waals surface area (Å²) in [6.07, 6.45) is 6.90. The number of H-pyrrole nitrogens is 1. The minimum atomic E-state index is -0.0479. The van der Waals surface area contributed by atoms with Crippen LogP contribution in [0.25, 0.3) is 11.3 Å². The molecule has 3 rings (SSSR count). The fourth-order valence-corrected chi connectivity index (χ4v) is 2.48. The molecule has 0 aliphatic carbocycles. The van der Waals surface area contributed by atoms with Crippen molar-refractivity contribution in [2.24, 2.45) is 0 Å². The van der Waals surface area contributed by atoms with Gasteiger partial charge in [0, 0.05) is 30.2 Å². The Morgan fingerprint density at radius 1 is 1.21 bits per heavy atom. The zero-order chi connectivity index (χ0) is 16.8. The predicted molar refractivity (Wildman–Crippen MR) is 93.2 cm³/mol. The number of aromatic nitrogens is 3. The Morgan fingerprint density at radius 2 is 2.04 bits per heavy atom. The number of benzene rings is 1. The molecule has 2 N–H and O–H groups in total. The second-order valence-corrected chi connectivity index (χ2v) is 5.62. The van der Waals surface area contributed by atoms with Crippen LogP contribution in [0.2, 0.25) is 0 Å². The fraction of sp³-hybridized carbons (Fsp3) is 0.167. The molecule has 2 aromatic heterocycles. The minimum absolute atomic E-state index is 0.0479. The first-order valence-corrected chi connectivity index (χ1v) is 7.67. The van der Waals surface area contributed by atoms with Gasteiger partial charge in [-0.15, -0.1) is 0 Å². The SMILES string of the molecule is CN(CC(=O)Nc1cccc(-c2cnc[nH]2)c1)Cc1ccncc1. The van der Waals surface area contributed by atoms with Crippen molar-refractivity contribution < 1.29 is 4.79 Å². The number of carbonyl (C=O) groups is 1. The Bertz CT molecular complexity index is 786. The molecule has 1 amide bonds. The number of carbonyl (C=O) groups excluding carboxylic acids is 1. The molecule has 0 fully saturated rings. The van der Waals surface area contributed by atoms with E-state index >= 15 is 0 Å². The number of nitrogens with zero attached hydrogens (tertiary/aromatic N) is 3. The lowest BCUT2D eigenvalue weighted by atomic mass is 10.1. The number of hydrogen-bond acceptors (Lipinski definition) is 4. The number of anilines is 1. The van der Waals surface area contributed by atoms with E-state index in [0.29, 0.717) is 13.1 Å². The molecule has 0 saturated heterocycles. The molecule has 0 aliphatic heterocycles. The average Bonchev–Trinajstić information content (AvgIpc) is 3.10. The van der Waals surface area contributed by atoms with Crippen LogP contribution in [0, 0.1) is 0 Å². The van der Waals surface area contributed by atoms with Gasteiger partial charge in [-0.25, -0.2) is 4.98 Å². The van der Waals surface area contributed by atoms with E-state index < -0.39 is 0 Å². The van der Waals surface area contributed by atoms with Gasteiger partial charge in [0.2, 0.25) is 5.91 Å². The number of rotatable bonds is 6. The lowest BCUT2D eigenvalue weighted by Crippen LogP contribution is -2.29. The summed E-state index contributed by atoms with van der Waals surface area (Å²) in [4.78, 5) is 25.3. The van der Waals surface area contributed by atoms with Gasteiger partial charge in [-0.1, -0.05) is 12.1 Å². The Kier molecular flexibility index (Phi) is 4.98. The summed E-state index contributed by atoms with van der Waals surface area (Å²) in [5.41, 5.74) is 3.79. The highest BCUT2D eigenvalue weighted by Crippen LogP contribution is 2.20. The fourth-order valence-electron chi connectivity index (χ4n) is 2.48. The maximum Gasteiger partial charge on any atom is 0.238 e. The minimum Gasteiger partial charge on any atom is -0.345 e. The zero-order valence-electron chi connectivity index (χ0n) is 13.4. The van der Waals surface area contributed by atoms with Gasteiger partial charge in [0.15, 0.2) is 0 Å². The maximum absolute atomic E-state index is 12.2. The van der Waals surface area contributed by atoms with E-state index in [-0.39, 0.29) is 5.91 Å². The van der Waals surface area contributed by atoms with Gasteiger partial charge < -0.3 is 10.3 Å². The van der Waals surface area contributed by atoms with Gasteiger partial charge in [0.1, 0.15) is 0 Å². The summed E-state index contributed by atoms with van der Waals surface area (Å²) < 4.78 is 0. The smallest absolute Gasteiger partial charge is 0.238 e. The topological polar surface area (TPSA) is 73.9 Å². The van der Waals surface area contributed by atoms with Crippen LogP contribution in [0.5, 0.6) is 0 Å². The molecule has 0 unspecified atom stereocenters. The molecule has 0 atom stereocenters. The average molecular weight is 321 g/mol. The van der Waals surface area contributed by atoms with Crippen molar-refractivity contribution in [3.05, 3.63) is 66.9 Å². The lowest BCUT2D eigenvalue weighted by molar-refractivity contribution is -0.117. The molecule has 0 bridgehead atoms. The van der Waals surface area contributed by atoms with Crippen molar-refractivity contribution in [2.45, 2.75) is 6.54 Å². The van der Waals surface area contributed by atoms with Crippen LogP contribution in [0.3, 0.4) is 0 Å². The highest BCUT2D eigenvalue weighted by Gasteiger charge is 2.08. The van der Waals surface area contributed by atoms with E-state index in [1.165, 1.54) is 0 Å². The summed E-state index contributed by atoms with van der Waals surface area (Å²) in [5.74, 6) is -0.0479. The summed E-state index contributed by atoms with van der Waals surface area (Å²) >= 11 is 0. The highest BCUT2D eigenvalue weighted by atomic mass is 16.2. The number of likely N-dealkylation sites (N-methyl/N-ethyl adjacent to an activating group) is 1. The number of aromatic amines is 1. The molecule has 3 aromatic rings. The van der Waals surface area contributed by atoms with Gasteiger partial charge >= 0.3 is 0 Å². The van der Waals surface area contributed by atoms with Crippen LogP contribution in [0.15, 0.2) is 61.3 Å². The van der Waals surface area contributed by atoms with E-state index in [0.717, 1.165) is 22.5 Å². The normalized spacial score (nSPS) is 10.8. The quantitative estimate of drug-likeness (QED) is 0.732. The molecule has 122 valence electrons. The largest absolute Gasteiger partial charge is 0.345 e. The molecule has 6 nitrogen and oxygen atoms in total. The number of hydrogen-bond donors (Lipinski definition) is 2. The molecule has 0 saturated carbocycles. The van der Waals surface area contributed by atoms with Gasteiger partial charge in [-0.3, -0.25) is 14.7 Å². The van der Waals surface area contributed by atoms with Gasteiger partial charge in [-0.2, -0.15) is 0 Å². The Labute approximate surface area is 140 Å². The van der Waals surface area contributed by atoms with Crippen LogP contribution in [-0.2, 0) is 11.3 Å². The third-order valence-corrected chi connectivity index (χ3v) is 3.57. The summed E-state index contributed by atoms with van der Waals surface area (Å²) in [6, 6.07) is 11.6. The molecule has 6 heteroatoms. The summed E-state index contributed by atoms with van der Waals surface area (Å²) in [6.45, 7) is 1.01. The third-order valence-electron chi connectivity index (χ3n) is 3.57. The van der Waals surface area contributed by atoms with Crippen LogP contribution in [0.1, 0.15) is 5.56 Å². The van der Waals surface area contributed by atoms with Gasteiger partial charge in [0.05, 0.1) is 24.8 Å². The van der Waals surface area contributed by atoms with Gasteiger partial charge in [0.25, 0.3) is 0 Å². The molecular weight excluding hydrogens is 302 g/mol. The monoisotopic (exact) mass is 321 g/mol. The lowest BCUT2D eigenvalue weighted by Gasteiger charge is -2.16. The molecule has 1 aromatic carbocycles. The third kappa shape index (κ3) is 4.27. The number of nitrogens with one attached hydrogen (secondary N) is 2. The van der Waals surface area contributed by atoms with E-state index in [9.17, 15) is 4.79 Å². The van der Waals surface area contributed by atoms with E-state index in [2.05, 4.69) is 20.3 Å². The number of amides is 1. The number of imidazole rings is 1. The Morgan fingerprint density at radius 3 is 2.79 bits per heavy atom. The Hall–Kier alpha value is -2.99. The highest BCUT2D eigenvalue weighted by molar-refractivity contribution is 5.92. The van der Waals surface area contributed by atoms with Crippen LogP contribution in [-0.4, -0.2) is 39.4 Å². The van der Waals surface area contributed by atoms with Crippen molar-refractivity contribution in [3.8, 4) is 11.3 Å². The first-order chi connectivity index (χ1) is 11.7. The molecule has 0 aliphatic rings. The Balaban J connectivity index is 1.58. The molecule has 24 heavy (non-hydrogen) atoms. The van der Waals surface area contributed by atoms with Gasteiger partial charge in [-0.05, 0) is 36.9 Å². The van der Waals surface area contributed by atoms with Crippen LogP contribution >= 0.6 is 0 Å². The van der Waals surface area contributed by atoms with Crippen molar-refractivity contribution in [1.82, 2.24) is 19.9 Å². The molecule has 2 heterocycles. The summed E-state index contributed by atoms with van der Waals surface area (Å²) in [7, 11) is 1.92. The van der Waals surface area contributed by atoms with Crippen molar-refractivity contribution in [2.75, 3.05) is 18.9 Å². The molecule has 0 spiro atoms. The molecular formula is C18H19N5O. The standard InChI is InChI=1S/C18H19N5O/c1-23(11-14-5-7-19-8-6-14)12-18(24)22-16-4-2-3-15(9-16)17-10-20-13-21-17/h2-10,13H,11-12H2,1H3,(H,20,21)(H,22,24). The second kappa shape index (κ2) is 7.52. The van der Waals surface area contributed by atoms with E-state index in [1.807, 2.05) is 48.3 Å². The van der Waals surface area contributed by atoms with Crippen LogP contribution < -0.4 is 5.32 Å². The van der Waals surface area contributed by atoms with Crippen molar-refractivity contribution in [3.63, 3.8) is 0 Å². The van der Waals surface area contributed by atoms with E-state index in [4.69, 9.17) is 0 Å². The maximum atomic E-state index is 12.2. The predicted octanol–water partition coefficient (Wildman–Crippen LogP) is 2.54. The van der Waals surface area contributed by atoms with Crippen molar-refractivity contribution >= 4 is 11.6 Å². The molecule has 0 radical (unpaired) electrons. The number of pyridine rings is 1.